The van der Waals surface area contributed by atoms with Crippen LogP contribution in [0.2, 0.25) is 5.02 Å². The Morgan fingerprint density at radius 2 is 1.88 bits per heavy atom. The van der Waals surface area contributed by atoms with Crippen molar-refractivity contribution in [3.05, 3.63) is 58.6 Å². The van der Waals surface area contributed by atoms with Crippen molar-refractivity contribution in [2.45, 2.75) is 57.5 Å². The molecule has 2 aromatic rings. The van der Waals surface area contributed by atoms with Crippen LogP contribution in [0.1, 0.15) is 56.6 Å². The van der Waals surface area contributed by atoms with Crippen LogP contribution < -0.4 is 11.1 Å². The summed E-state index contributed by atoms with van der Waals surface area (Å²) in [5.41, 5.74) is 8.32. The largest absolute Gasteiger partial charge is 0.453 e. The van der Waals surface area contributed by atoms with Crippen LogP contribution in [0.25, 0.3) is 11.1 Å². The average molecular weight is 585 g/mol. The molecular weight excluding hydrogens is 540 g/mol. The number of hydrogen-bond acceptors (Lipinski definition) is 5. The Labute approximate surface area is 249 Å². The number of carbonyl (C=O) groups is 2. The van der Waals surface area contributed by atoms with Crippen molar-refractivity contribution in [3.8, 4) is 11.1 Å². The van der Waals surface area contributed by atoms with Crippen molar-refractivity contribution in [3.63, 3.8) is 0 Å². The van der Waals surface area contributed by atoms with Gasteiger partial charge in [-0.15, -0.1) is 0 Å². The summed E-state index contributed by atoms with van der Waals surface area (Å²) in [5.74, 6) is 0.274. The molecule has 0 aliphatic carbocycles. The molecule has 3 amide bonds. The summed E-state index contributed by atoms with van der Waals surface area (Å²) in [5, 5.41) is 16.0. The van der Waals surface area contributed by atoms with E-state index in [2.05, 4.69) is 24.4 Å². The molecule has 224 valence electrons. The van der Waals surface area contributed by atoms with Gasteiger partial charge in [0.1, 0.15) is 0 Å². The molecule has 0 saturated carbocycles. The lowest BCUT2D eigenvalue weighted by Crippen LogP contribution is -2.53. The van der Waals surface area contributed by atoms with Gasteiger partial charge in [0.2, 0.25) is 0 Å². The minimum Gasteiger partial charge on any atom is -0.453 e. The van der Waals surface area contributed by atoms with Gasteiger partial charge < -0.3 is 30.7 Å². The number of carbonyl (C=O) groups excluding carboxylic acids is 2. The highest BCUT2D eigenvalue weighted by Crippen LogP contribution is 2.45. The average Bonchev–Trinajstić information content (AvgIpc) is 3.02. The molecule has 2 heterocycles. The molecule has 2 fully saturated rings. The summed E-state index contributed by atoms with van der Waals surface area (Å²) in [7, 11) is 1.33. The van der Waals surface area contributed by atoms with Crippen molar-refractivity contribution >= 4 is 23.7 Å². The van der Waals surface area contributed by atoms with E-state index in [1.807, 2.05) is 40.1 Å². The number of nitrogens with two attached hydrogens (primary N) is 1. The molecule has 0 spiro atoms. The van der Waals surface area contributed by atoms with E-state index < -0.39 is 11.7 Å². The fourth-order valence-corrected chi connectivity index (χ4v) is 6.69. The zero-order valence-corrected chi connectivity index (χ0v) is 25.2. The Morgan fingerprint density at radius 3 is 2.59 bits per heavy atom. The number of likely N-dealkylation sites (tertiary alicyclic amines) is 2. The summed E-state index contributed by atoms with van der Waals surface area (Å²) >= 11 is 6.87. The van der Waals surface area contributed by atoms with E-state index in [0.717, 1.165) is 61.9 Å². The number of benzene rings is 2. The Morgan fingerprint density at radius 1 is 1.12 bits per heavy atom. The summed E-state index contributed by atoms with van der Waals surface area (Å²) < 4.78 is 4.72. The summed E-state index contributed by atoms with van der Waals surface area (Å²) in [6.45, 7) is 5.71. The van der Waals surface area contributed by atoms with Crippen LogP contribution >= 0.6 is 11.6 Å². The Hall–Kier alpha value is -2.81. The minimum atomic E-state index is -1.27. The van der Waals surface area contributed by atoms with E-state index in [0.29, 0.717) is 50.0 Å². The maximum atomic E-state index is 13.6. The highest BCUT2D eigenvalue weighted by atomic mass is 35.5. The molecule has 0 radical (unpaired) electrons. The van der Waals surface area contributed by atoms with E-state index in [4.69, 9.17) is 22.1 Å². The number of rotatable bonds is 9. The summed E-state index contributed by atoms with van der Waals surface area (Å²) in [6, 6.07) is 14.0. The highest BCUT2D eigenvalue weighted by molar-refractivity contribution is 6.33. The lowest BCUT2D eigenvalue weighted by Gasteiger charge is -2.45. The monoisotopic (exact) mass is 584 g/mol. The molecule has 4 N–H and O–H groups in total. The number of aliphatic hydroxyl groups is 1. The zero-order chi connectivity index (χ0) is 29.4. The maximum absolute atomic E-state index is 13.6. The van der Waals surface area contributed by atoms with Crippen LogP contribution in [0.3, 0.4) is 0 Å². The molecule has 4 rings (SSSR count). The maximum Gasteiger partial charge on any atom is 0.406 e. The van der Waals surface area contributed by atoms with Crippen molar-refractivity contribution < 1.29 is 19.4 Å². The molecule has 2 aliphatic rings. The molecule has 2 aromatic carbocycles. The number of piperidine rings is 2. The molecule has 0 bridgehead atoms. The summed E-state index contributed by atoms with van der Waals surface area (Å²) in [6.07, 6.45) is 4.76. The first-order chi connectivity index (χ1) is 19.8. The van der Waals surface area contributed by atoms with Crippen LogP contribution in [-0.2, 0) is 16.8 Å². The first-order valence-electron chi connectivity index (χ1n) is 15.0. The van der Waals surface area contributed by atoms with Gasteiger partial charge in [-0.2, -0.15) is 0 Å². The number of urea groups is 1. The predicted octanol–water partition coefficient (Wildman–Crippen LogP) is 5.40. The van der Waals surface area contributed by atoms with Crippen molar-refractivity contribution in [1.82, 2.24) is 15.1 Å². The molecule has 0 aromatic heterocycles. The van der Waals surface area contributed by atoms with Gasteiger partial charge in [-0.3, -0.25) is 0 Å². The lowest BCUT2D eigenvalue weighted by atomic mass is 9.72. The first kappa shape index (κ1) is 31.1. The standard InChI is InChI=1S/C32H45ClN4O4/c1-3-23-8-4-9-25(20-23)29-27(11-5-12-28(29)33)32(40,15-7-16-35-30(38)41-2)26-10-6-17-37(22-26)31(39)36-18-13-24(21-34)14-19-36/h4-5,8-9,11-12,20,24,26,40H,3,6-7,10,13-19,21-22,34H2,1-2H3,(H,35,38). The fraction of sp³-hybridized carbons (Fsp3) is 0.562. The van der Waals surface area contributed by atoms with Gasteiger partial charge in [0, 0.05) is 49.2 Å². The van der Waals surface area contributed by atoms with Gasteiger partial charge in [-0.1, -0.05) is 54.9 Å². The quantitative estimate of drug-likeness (QED) is 0.342. The third-order valence-electron chi connectivity index (χ3n) is 8.88. The Balaban J connectivity index is 1.65. The molecule has 2 aliphatic heterocycles. The van der Waals surface area contributed by atoms with Crippen LogP contribution in [-0.4, -0.2) is 73.4 Å². The smallest absolute Gasteiger partial charge is 0.406 e. The highest BCUT2D eigenvalue weighted by Gasteiger charge is 2.43. The van der Waals surface area contributed by atoms with E-state index in [1.165, 1.54) is 12.7 Å². The molecule has 2 saturated heterocycles. The van der Waals surface area contributed by atoms with Gasteiger partial charge in [-0.05, 0) is 80.2 Å². The second kappa shape index (κ2) is 14.4. The number of amides is 3. The van der Waals surface area contributed by atoms with Gasteiger partial charge in [-0.25, -0.2) is 9.59 Å². The third kappa shape index (κ3) is 7.34. The van der Waals surface area contributed by atoms with Crippen LogP contribution in [0.5, 0.6) is 0 Å². The second-order valence-corrected chi connectivity index (χ2v) is 11.8. The van der Waals surface area contributed by atoms with Crippen LogP contribution in [0.4, 0.5) is 9.59 Å². The van der Waals surface area contributed by atoms with E-state index in [9.17, 15) is 14.7 Å². The topological polar surface area (TPSA) is 108 Å². The van der Waals surface area contributed by atoms with Gasteiger partial charge in [0.25, 0.3) is 0 Å². The van der Waals surface area contributed by atoms with E-state index in [-0.39, 0.29) is 11.9 Å². The van der Waals surface area contributed by atoms with E-state index >= 15 is 0 Å². The van der Waals surface area contributed by atoms with Crippen molar-refractivity contribution in [2.75, 3.05) is 46.4 Å². The Kier molecular flexibility index (Phi) is 10.9. The van der Waals surface area contributed by atoms with E-state index in [1.54, 1.807) is 0 Å². The fourth-order valence-electron chi connectivity index (χ4n) is 6.40. The number of nitrogens with one attached hydrogen (secondary N) is 1. The number of ether oxygens (including phenoxy) is 1. The molecular formula is C32H45ClN4O4. The van der Waals surface area contributed by atoms with Gasteiger partial charge >= 0.3 is 12.1 Å². The number of hydrogen-bond donors (Lipinski definition) is 3. The van der Waals surface area contributed by atoms with Crippen molar-refractivity contribution in [1.29, 1.82) is 0 Å². The first-order valence-corrected chi connectivity index (χ1v) is 15.3. The Bertz CT molecular complexity index is 1190. The lowest BCUT2D eigenvalue weighted by molar-refractivity contribution is -0.0564. The normalized spacial score (nSPS) is 19.5. The third-order valence-corrected chi connectivity index (χ3v) is 9.19. The number of nitrogens with zero attached hydrogens (tertiary/aromatic N) is 2. The SMILES string of the molecule is CCc1cccc(-c2c(Cl)cccc2C(O)(CCCNC(=O)OC)C2CCCN(C(=O)N3CCC(CN)CC3)C2)c1. The van der Waals surface area contributed by atoms with Crippen LogP contribution in [0, 0.1) is 11.8 Å². The molecule has 8 nitrogen and oxygen atoms in total. The number of alkyl carbamates (subject to hydrolysis) is 1. The summed E-state index contributed by atoms with van der Waals surface area (Å²) in [4.78, 5) is 29.1. The number of methoxy groups -OCH3 is 1. The predicted molar refractivity (Wildman–Crippen MR) is 163 cm³/mol. The minimum absolute atomic E-state index is 0.0434. The van der Waals surface area contributed by atoms with Crippen LogP contribution in [0.15, 0.2) is 42.5 Å². The number of aryl methyl sites for hydroxylation is 1. The molecule has 41 heavy (non-hydrogen) atoms. The second-order valence-electron chi connectivity index (χ2n) is 11.4. The zero-order valence-electron chi connectivity index (χ0n) is 24.4. The van der Waals surface area contributed by atoms with Gasteiger partial charge in [0.15, 0.2) is 0 Å². The molecule has 9 heteroatoms. The molecule has 2 atom stereocenters. The number of halogens is 1. The van der Waals surface area contributed by atoms with Crippen molar-refractivity contribution in [2.24, 2.45) is 17.6 Å². The molecule has 2 unspecified atom stereocenters. The van der Waals surface area contributed by atoms with Gasteiger partial charge in [0.05, 0.1) is 12.7 Å².